The molecule has 2 rings (SSSR count). The van der Waals surface area contributed by atoms with Gasteiger partial charge in [0.15, 0.2) is 0 Å². The Morgan fingerprint density at radius 1 is 1.25 bits per heavy atom. The van der Waals surface area contributed by atoms with Crippen molar-refractivity contribution in [2.45, 2.75) is 51.6 Å². The third kappa shape index (κ3) is 2.76. The molecule has 0 bridgehead atoms. The van der Waals surface area contributed by atoms with E-state index >= 15 is 0 Å². The number of hydrogen-bond acceptors (Lipinski definition) is 2. The van der Waals surface area contributed by atoms with E-state index < -0.39 is 0 Å². The van der Waals surface area contributed by atoms with E-state index in [1.807, 2.05) is 0 Å². The maximum atomic E-state index is 5.77. The molecule has 0 amide bonds. The number of benzene rings is 1. The van der Waals surface area contributed by atoms with Crippen molar-refractivity contribution in [2.24, 2.45) is 5.73 Å². The summed E-state index contributed by atoms with van der Waals surface area (Å²) in [4.78, 5) is 0. The molecule has 1 aliphatic carbocycles. The monoisotopic (exact) mass is 218 g/mol. The Labute approximate surface area is 98.2 Å². The number of aryl methyl sites for hydroxylation is 1. The summed E-state index contributed by atoms with van der Waals surface area (Å²) >= 11 is 0. The van der Waals surface area contributed by atoms with Crippen molar-refractivity contribution in [3.05, 3.63) is 29.3 Å². The van der Waals surface area contributed by atoms with Gasteiger partial charge in [-0.2, -0.15) is 0 Å². The minimum absolute atomic E-state index is 0.620. The maximum absolute atomic E-state index is 5.77. The third-order valence-electron chi connectivity index (χ3n) is 3.45. The van der Waals surface area contributed by atoms with Gasteiger partial charge in [0.05, 0.1) is 0 Å². The van der Waals surface area contributed by atoms with Gasteiger partial charge in [-0.05, 0) is 37.0 Å². The predicted molar refractivity (Wildman–Crippen MR) is 69.6 cm³/mol. The highest BCUT2D eigenvalue weighted by Gasteiger charge is 2.14. The molecule has 0 saturated heterocycles. The Balaban J connectivity index is 2.09. The van der Waals surface area contributed by atoms with Gasteiger partial charge in [0.1, 0.15) is 0 Å². The molecular weight excluding hydrogens is 196 g/mol. The Hall–Kier alpha value is -1.02. The second-order valence-corrected chi connectivity index (χ2v) is 4.84. The molecule has 0 atom stereocenters. The first-order valence-electron chi connectivity index (χ1n) is 6.36. The summed E-state index contributed by atoms with van der Waals surface area (Å²) in [6, 6.07) is 7.15. The molecule has 2 heteroatoms. The minimum atomic E-state index is 0.620. The quantitative estimate of drug-likeness (QED) is 0.817. The van der Waals surface area contributed by atoms with Crippen LogP contribution >= 0.6 is 0 Å². The molecule has 1 saturated carbocycles. The third-order valence-corrected chi connectivity index (χ3v) is 3.45. The fourth-order valence-electron chi connectivity index (χ4n) is 2.47. The highest BCUT2D eigenvalue weighted by Crippen LogP contribution is 2.24. The highest BCUT2D eigenvalue weighted by molar-refractivity contribution is 5.53. The van der Waals surface area contributed by atoms with E-state index in [-0.39, 0.29) is 0 Å². The summed E-state index contributed by atoms with van der Waals surface area (Å²) in [6.07, 6.45) is 6.73. The largest absolute Gasteiger partial charge is 0.382 e. The molecule has 1 aromatic rings. The van der Waals surface area contributed by atoms with Gasteiger partial charge in [0.25, 0.3) is 0 Å². The van der Waals surface area contributed by atoms with Crippen LogP contribution in [0.2, 0.25) is 0 Å². The lowest BCUT2D eigenvalue weighted by molar-refractivity contribution is 0.462. The van der Waals surface area contributed by atoms with E-state index in [1.54, 1.807) is 0 Å². The maximum Gasteiger partial charge on any atom is 0.0390 e. The van der Waals surface area contributed by atoms with Gasteiger partial charge in [0.2, 0.25) is 0 Å². The molecule has 1 fully saturated rings. The molecule has 0 unspecified atom stereocenters. The summed E-state index contributed by atoms with van der Waals surface area (Å²) < 4.78 is 0. The highest BCUT2D eigenvalue weighted by atomic mass is 14.9. The van der Waals surface area contributed by atoms with Crippen LogP contribution in [0.5, 0.6) is 0 Å². The standard InChI is InChI=1S/C14H22N2/c1-11-7-8-12(10-15)14(9-11)16-13-5-3-2-4-6-13/h7-9,13,16H,2-6,10,15H2,1H3. The van der Waals surface area contributed by atoms with Crippen LogP contribution in [0.1, 0.15) is 43.2 Å². The van der Waals surface area contributed by atoms with Crippen LogP contribution in [-0.4, -0.2) is 6.04 Å². The molecule has 0 spiro atoms. The Morgan fingerprint density at radius 2 is 2.00 bits per heavy atom. The average molecular weight is 218 g/mol. The molecule has 16 heavy (non-hydrogen) atoms. The van der Waals surface area contributed by atoms with Gasteiger partial charge < -0.3 is 11.1 Å². The van der Waals surface area contributed by atoms with Crippen molar-refractivity contribution in [3.63, 3.8) is 0 Å². The smallest absolute Gasteiger partial charge is 0.0390 e. The lowest BCUT2D eigenvalue weighted by atomic mass is 9.95. The number of hydrogen-bond donors (Lipinski definition) is 2. The first-order chi connectivity index (χ1) is 7.79. The predicted octanol–water partition coefficient (Wildman–Crippen LogP) is 3.20. The van der Waals surface area contributed by atoms with Crippen molar-refractivity contribution >= 4 is 5.69 Å². The van der Waals surface area contributed by atoms with E-state index in [0.29, 0.717) is 12.6 Å². The molecule has 0 aliphatic heterocycles. The summed E-state index contributed by atoms with van der Waals surface area (Å²) in [5, 5.41) is 3.66. The summed E-state index contributed by atoms with van der Waals surface area (Å²) in [5.74, 6) is 0. The van der Waals surface area contributed by atoms with Crippen molar-refractivity contribution < 1.29 is 0 Å². The van der Waals surface area contributed by atoms with Gasteiger partial charge >= 0.3 is 0 Å². The second kappa shape index (κ2) is 5.35. The number of nitrogens with two attached hydrogens (primary N) is 1. The molecule has 0 heterocycles. The fourth-order valence-corrected chi connectivity index (χ4v) is 2.47. The topological polar surface area (TPSA) is 38.0 Å². The zero-order valence-corrected chi connectivity index (χ0v) is 10.1. The van der Waals surface area contributed by atoms with Crippen LogP contribution in [0, 0.1) is 6.92 Å². The minimum Gasteiger partial charge on any atom is -0.382 e. The van der Waals surface area contributed by atoms with Crippen LogP contribution < -0.4 is 11.1 Å². The van der Waals surface area contributed by atoms with E-state index in [9.17, 15) is 0 Å². The van der Waals surface area contributed by atoms with E-state index in [0.717, 1.165) is 0 Å². The van der Waals surface area contributed by atoms with Crippen LogP contribution in [-0.2, 0) is 6.54 Å². The summed E-state index contributed by atoms with van der Waals surface area (Å²) in [5.41, 5.74) is 9.54. The van der Waals surface area contributed by atoms with Gasteiger partial charge in [-0.15, -0.1) is 0 Å². The first-order valence-corrected chi connectivity index (χ1v) is 6.36. The van der Waals surface area contributed by atoms with Crippen molar-refractivity contribution in [1.82, 2.24) is 0 Å². The van der Waals surface area contributed by atoms with Gasteiger partial charge in [0, 0.05) is 18.3 Å². The van der Waals surface area contributed by atoms with Crippen molar-refractivity contribution in [1.29, 1.82) is 0 Å². The van der Waals surface area contributed by atoms with Crippen molar-refractivity contribution in [2.75, 3.05) is 5.32 Å². The van der Waals surface area contributed by atoms with Crippen LogP contribution in [0.3, 0.4) is 0 Å². The number of rotatable bonds is 3. The summed E-state index contributed by atoms with van der Waals surface area (Å²) in [6.45, 7) is 2.75. The fraction of sp³-hybridized carbons (Fsp3) is 0.571. The SMILES string of the molecule is Cc1ccc(CN)c(NC2CCCCC2)c1. The van der Waals surface area contributed by atoms with Crippen molar-refractivity contribution in [3.8, 4) is 0 Å². The van der Waals surface area contributed by atoms with Crippen LogP contribution in [0.4, 0.5) is 5.69 Å². The zero-order chi connectivity index (χ0) is 11.4. The zero-order valence-electron chi connectivity index (χ0n) is 10.1. The molecule has 2 nitrogen and oxygen atoms in total. The molecule has 1 aliphatic rings. The molecule has 0 aromatic heterocycles. The van der Waals surface area contributed by atoms with Gasteiger partial charge in [-0.3, -0.25) is 0 Å². The molecule has 1 aromatic carbocycles. The number of nitrogens with one attached hydrogen (secondary N) is 1. The Bertz CT molecular complexity index is 341. The van der Waals surface area contributed by atoms with Crippen LogP contribution in [0.25, 0.3) is 0 Å². The first kappa shape index (κ1) is 11.5. The molecule has 0 radical (unpaired) electrons. The molecular formula is C14H22N2. The normalized spacial score (nSPS) is 17.4. The van der Waals surface area contributed by atoms with Gasteiger partial charge in [-0.1, -0.05) is 31.4 Å². The number of anilines is 1. The Kier molecular flexibility index (Phi) is 3.83. The average Bonchev–Trinajstić information content (AvgIpc) is 2.31. The lowest BCUT2D eigenvalue weighted by Crippen LogP contribution is -2.23. The molecule has 3 N–H and O–H groups in total. The summed E-state index contributed by atoms with van der Waals surface area (Å²) in [7, 11) is 0. The van der Waals surface area contributed by atoms with Gasteiger partial charge in [-0.25, -0.2) is 0 Å². The Morgan fingerprint density at radius 3 is 2.69 bits per heavy atom. The molecule has 88 valence electrons. The van der Waals surface area contributed by atoms with E-state index in [1.165, 1.54) is 48.9 Å². The van der Waals surface area contributed by atoms with E-state index in [2.05, 4.69) is 30.4 Å². The van der Waals surface area contributed by atoms with E-state index in [4.69, 9.17) is 5.73 Å². The second-order valence-electron chi connectivity index (χ2n) is 4.84. The van der Waals surface area contributed by atoms with Crippen LogP contribution in [0.15, 0.2) is 18.2 Å². The lowest BCUT2D eigenvalue weighted by Gasteiger charge is -2.25.